The first kappa shape index (κ1) is 17.1. The Morgan fingerprint density at radius 2 is 1.96 bits per heavy atom. The predicted octanol–water partition coefficient (Wildman–Crippen LogP) is 3.48. The molecule has 4 nitrogen and oxygen atoms in total. The zero-order chi connectivity index (χ0) is 16.5. The van der Waals surface area contributed by atoms with E-state index in [9.17, 15) is 4.79 Å². The number of hydrogen-bond acceptors (Lipinski definition) is 4. The van der Waals surface area contributed by atoms with Gasteiger partial charge in [-0.15, -0.1) is 0 Å². The highest BCUT2D eigenvalue weighted by Gasteiger charge is 2.05. The summed E-state index contributed by atoms with van der Waals surface area (Å²) in [4.78, 5) is 16.5. The van der Waals surface area contributed by atoms with Crippen LogP contribution in [-0.2, 0) is 15.4 Å². The van der Waals surface area contributed by atoms with E-state index in [-0.39, 0.29) is 11.8 Å². The molecule has 0 amide bonds. The average molecular weight is 328 g/mol. The van der Waals surface area contributed by atoms with Crippen LogP contribution in [0, 0.1) is 6.92 Å². The van der Waals surface area contributed by atoms with Crippen molar-refractivity contribution in [1.29, 1.82) is 0 Å². The molecule has 2 rings (SSSR count). The fraction of sp³-hybridized carbons (Fsp3) is 0.222. The van der Waals surface area contributed by atoms with Crippen LogP contribution in [0.3, 0.4) is 0 Å². The molecule has 0 bridgehead atoms. The van der Waals surface area contributed by atoms with E-state index in [2.05, 4.69) is 17.3 Å². The van der Waals surface area contributed by atoms with Crippen molar-refractivity contribution < 1.29 is 9.63 Å². The molecule has 120 valence electrons. The second kappa shape index (κ2) is 9.00. The third kappa shape index (κ3) is 6.16. The van der Waals surface area contributed by atoms with Crippen molar-refractivity contribution in [1.82, 2.24) is 0 Å². The van der Waals surface area contributed by atoms with Gasteiger partial charge < -0.3 is 10.6 Å². The van der Waals surface area contributed by atoms with E-state index in [0.717, 1.165) is 16.9 Å². The Morgan fingerprint density at radius 3 is 2.70 bits per heavy atom. The maximum atomic E-state index is 11.7. The second-order valence-corrected chi connectivity index (χ2v) is 6.20. The maximum absolute atomic E-state index is 11.7. The lowest BCUT2D eigenvalue weighted by atomic mass is 10.1. The standard InChI is InChI=1S/C18H20N2O2S/c1-14-6-5-9-16(12-14)18(19)20-22-17(21)10-11-23-13-15-7-3-2-4-8-15/h2-9,12H,10-11,13H2,1H3,(H2,19,20). The number of thioether (sulfide) groups is 1. The predicted molar refractivity (Wildman–Crippen MR) is 95.2 cm³/mol. The molecule has 0 atom stereocenters. The van der Waals surface area contributed by atoms with Crippen LogP contribution < -0.4 is 5.73 Å². The molecule has 0 fully saturated rings. The van der Waals surface area contributed by atoms with Gasteiger partial charge in [0.1, 0.15) is 0 Å². The zero-order valence-electron chi connectivity index (χ0n) is 13.1. The summed E-state index contributed by atoms with van der Waals surface area (Å²) >= 11 is 1.69. The lowest BCUT2D eigenvalue weighted by Gasteiger charge is -2.03. The van der Waals surface area contributed by atoms with E-state index in [4.69, 9.17) is 10.6 Å². The highest BCUT2D eigenvalue weighted by atomic mass is 32.2. The fourth-order valence-corrected chi connectivity index (χ4v) is 2.81. The summed E-state index contributed by atoms with van der Waals surface area (Å²) in [5.41, 5.74) is 8.87. The van der Waals surface area contributed by atoms with E-state index < -0.39 is 0 Å². The molecular weight excluding hydrogens is 308 g/mol. The van der Waals surface area contributed by atoms with Crippen molar-refractivity contribution in [3.05, 3.63) is 71.3 Å². The molecule has 0 aromatic heterocycles. The van der Waals surface area contributed by atoms with E-state index in [0.29, 0.717) is 12.2 Å². The molecule has 2 aromatic carbocycles. The Kier molecular flexibility index (Phi) is 6.69. The van der Waals surface area contributed by atoms with Crippen molar-refractivity contribution in [2.24, 2.45) is 10.9 Å². The first-order valence-electron chi connectivity index (χ1n) is 7.37. The Bertz CT molecular complexity index is 672. The Morgan fingerprint density at radius 1 is 1.17 bits per heavy atom. The van der Waals surface area contributed by atoms with Crippen LogP contribution in [0.25, 0.3) is 0 Å². The third-order valence-electron chi connectivity index (χ3n) is 3.12. The van der Waals surface area contributed by atoms with Crippen LogP contribution in [0.1, 0.15) is 23.1 Å². The van der Waals surface area contributed by atoms with Gasteiger partial charge in [0.05, 0.1) is 6.42 Å². The number of benzene rings is 2. The van der Waals surface area contributed by atoms with Gasteiger partial charge in [-0.1, -0.05) is 59.3 Å². The average Bonchev–Trinajstić information content (AvgIpc) is 2.57. The molecular formula is C18H20N2O2S. The lowest BCUT2D eigenvalue weighted by molar-refractivity contribution is -0.143. The largest absolute Gasteiger partial charge is 0.380 e. The minimum absolute atomic E-state index is 0.207. The zero-order valence-corrected chi connectivity index (χ0v) is 13.9. The van der Waals surface area contributed by atoms with Crippen molar-refractivity contribution in [3.63, 3.8) is 0 Å². The number of nitrogens with zero attached hydrogens (tertiary/aromatic N) is 1. The van der Waals surface area contributed by atoms with Crippen LogP contribution in [0.15, 0.2) is 59.8 Å². The van der Waals surface area contributed by atoms with Crippen molar-refractivity contribution in [2.45, 2.75) is 19.1 Å². The van der Waals surface area contributed by atoms with Crippen molar-refractivity contribution in [2.75, 3.05) is 5.75 Å². The van der Waals surface area contributed by atoms with Gasteiger partial charge in [0.2, 0.25) is 0 Å². The summed E-state index contributed by atoms with van der Waals surface area (Å²) < 4.78 is 0. The molecule has 0 spiro atoms. The quantitative estimate of drug-likeness (QED) is 0.278. The number of aryl methyl sites for hydroxylation is 1. The van der Waals surface area contributed by atoms with Crippen LogP contribution >= 0.6 is 11.8 Å². The van der Waals surface area contributed by atoms with Gasteiger partial charge in [0.15, 0.2) is 5.84 Å². The molecule has 2 N–H and O–H groups in total. The minimum atomic E-state index is -0.374. The van der Waals surface area contributed by atoms with Crippen LogP contribution in [0.4, 0.5) is 0 Å². The van der Waals surface area contributed by atoms with Gasteiger partial charge in [0, 0.05) is 17.1 Å². The molecule has 5 heteroatoms. The molecule has 0 heterocycles. The van der Waals surface area contributed by atoms with E-state index >= 15 is 0 Å². The topological polar surface area (TPSA) is 64.7 Å². The summed E-state index contributed by atoms with van der Waals surface area (Å²) in [6.07, 6.45) is 0.308. The molecule has 0 aliphatic rings. The molecule has 0 aliphatic carbocycles. The monoisotopic (exact) mass is 328 g/mol. The fourth-order valence-electron chi connectivity index (χ4n) is 1.92. The van der Waals surface area contributed by atoms with E-state index in [1.165, 1.54) is 5.56 Å². The SMILES string of the molecule is Cc1cccc(/C(N)=N\OC(=O)CCSCc2ccccc2)c1. The normalized spacial score (nSPS) is 11.3. The number of carbonyl (C=O) groups is 1. The summed E-state index contributed by atoms with van der Waals surface area (Å²) in [5, 5.41) is 3.71. The molecule has 0 unspecified atom stereocenters. The van der Waals surface area contributed by atoms with E-state index in [1.54, 1.807) is 11.8 Å². The van der Waals surface area contributed by atoms with Crippen LogP contribution in [0.5, 0.6) is 0 Å². The Hall–Kier alpha value is -2.27. The minimum Gasteiger partial charge on any atom is -0.380 e. The number of oxime groups is 1. The number of amidine groups is 1. The number of carbonyl (C=O) groups excluding carboxylic acids is 1. The summed E-state index contributed by atoms with van der Waals surface area (Å²) in [6.45, 7) is 1.97. The van der Waals surface area contributed by atoms with Crippen molar-refractivity contribution in [3.8, 4) is 0 Å². The molecule has 2 aromatic rings. The Labute approximate surface area is 140 Å². The maximum Gasteiger partial charge on any atom is 0.335 e. The van der Waals surface area contributed by atoms with Crippen LogP contribution in [-0.4, -0.2) is 17.6 Å². The van der Waals surface area contributed by atoms with Gasteiger partial charge in [-0.25, -0.2) is 4.79 Å². The number of nitrogens with two attached hydrogens (primary N) is 1. The van der Waals surface area contributed by atoms with Gasteiger partial charge >= 0.3 is 5.97 Å². The highest BCUT2D eigenvalue weighted by Crippen LogP contribution is 2.13. The molecule has 0 radical (unpaired) electrons. The van der Waals surface area contributed by atoms with Gasteiger partial charge in [-0.05, 0) is 18.6 Å². The molecule has 23 heavy (non-hydrogen) atoms. The lowest BCUT2D eigenvalue weighted by Crippen LogP contribution is -2.15. The molecule has 0 saturated carbocycles. The van der Waals surface area contributed by atoms with Gasteiger partial charge in [0.25, 0.3) is 0 Å². The molecule has 0 aliphatic heterocycles. The molecule has 0 saturated heterocycles. The van der Waals surface area contributed by atoms with Gasteiger partial charge in [-0.3, -0.25) is 0 Å². The van der Waals surface area contributed by atoms with Crippen LogP contribution in [0.2, 0.25) is 0 Å². The smallest absolute Gasteiger partial charge is 0.335 e. The summed E-state index contributed by atoms with van der Waals surface area (Å²) in [7, 11) is 0. The Balaban J connectivity index is 1.71. The second-order valence-electron chi connectivity index (χ2n) is 5.10. The van der Waals surface area contributed by atoms with E-state index in [1.807, 2.05) is 49.4 Å². The number of hydrogen-bond donors (Lipinski definition) is 1. The summed E-state index contributed by atoms with van der Waals surface area (Å²) in [6, 6.07) is 17.7. The first-order chi connectivity index (χ1) is 11.1. The van der Waals surface area contributed by atoms with Crippen molar-refractivity contribution >= 4 is 23.6 Å². The highest BCUT2D eigenvalue weighted by molar-refractivity contribution is 7.98. The summed E-state index contributed by atoms with van der Waals surface area (Å²) in [5.74, 6) is 1.40. The third-order valence-corrected chi connectivity index (χ3v) is 4.15. The van der Waals surface area contributed by atoms with Gasteiger partial charge in [-0.2, -0.15) is 11.8 Å². The number of rotatable bonds is 7. The first-order valence-corrected chi connectivity index (χ1v) is 8.52.